The summed E-state index contributed by atoms with van der Waals surface area (Å²) >= 11 is 0. The summed E-state index contributed by atoms with van der Waals surface area (Å²) in [4.78, 5) is 25.1. The number of carbonyl (C=O) groups excluding carboxylic acids is 2. The van der Waals surface area contributed by atoms with Gasteiger partial charge in [-0.2, -0.15) is 0 Å². The Balaban J connectivity index is 2.07. The summed E-state index contributed by atoms with van der Waals surface area (Å²) in [6.07, 6.45) is 20.5. The van der Waals surface area contributed by atoms with Crippen molar-refractivity contribution in [1.82, 2.24) is 0 Å². The van der Waals surface area contributed by atoms with Crippen molar-refractivity contribution in [1.29, 1.82) is 0 Å². The van der Waals surface area contributed by atoms with Gasteiger partial charge >= 0.3 is 11.9 Å². The summed E-state index contributed by atoms with van der Waals surface area (Å²) in [5, 5.41) is 0. The molecule has 0 aromatic rings. The van der Waals surface area contributed by atoms with Crippen molar-refractivity contribution in [2.24, 2.45) is 35.5 Å². The van der Waals surface area contributed by atoms with E-state index in [0.717, 1.165) is 50.4 Å². The maximum atomic E-state index is 12.5. The van der Waals surface area contributed by atoms with Gasteiger partial charge < -0.3 is 9.47 Å². The van der Waals surface area contributed by atoms with Gasteiger partial charge in [0.2, 0.25) is 0 Å². The molecule has 4 nitrogen and oxygen atoms in total. The van der Waals surface area contributed by atoms with Crippen LogP contribution in [0.25, 0.3) is 0 Å². The highest BCUT2D eigenvalue weighted by Gasteiger charge is 2.31. The quantitative estimate of drug-likeness (QED) is 0.102. The van der Waals surface area contributed by atoms with E-state index in [9.17, 15) is 9.59 Å². The van der Waals surface area contributed by atoms with Crippen molar-refractivity contribution < 1.29 is 19.1 Å². The van der Waals surface area contributed by atoms with Crippen LogP contribution in [0, 0.1) is 35.5 Å². The summed E-state index contributed by atoms with van der Waals surface area (Å²) in [5.41, 5.74) is 0. The third kappa shape index (κ3) is 16.8. The molecule has 0 spiro atoms. The van der Waals surface area contributed by atoms with Crippen LogP contribution in [0.5, 0.6) is 0 Å². The Morgan fingerprint density at radius 3 is 1.16 bits per heavy atom. The lowest BCUT2D eigenvalue weighted by Crippen LogP contribution is -2.28. The minimum absolute atomic E-state index is 0.0461. The molecule has 0 bridgehead atoms. The molecule has 0 heterocycles. The van der Waals surface area contributed by atoms with E-state index in [-0.39, 0.29) is 23.8 Å². The fourth-order valence-electron chi connectivity index (χ4n) is 5.54. The molecule has 1 fully saturated rings. The molecule has 0 radical (unpaired) electrons. The Morgan fingerprint density at radius 2 is 0.842 bits per heavy atom. The molecule has 0 aliphatic heterocycles. The van der Waals surface area contributed by atoms with E-state index in [1.54, 1.807) is 0 Å². The van der Waals surface area contributed by atoms with Crippen LogP contribution in [0.2, 0.25) is 0 Å². The Labute approximate surface area is 236 Å². The Hall–Kier alpha value is -1.06. The molecule has 1 aliphatic carbocycles. The molecule has 0 aromatic heterocycles. The maximum Gasteiger partial charge on any atom is 0.308 e. The number of ether oxygens (including phenoxy) is 2. The molecule has 0 aromatic carbocycles. The normalized spacial score (nSPS) is 20.9. The first-order valence-electron chi connectivity index (χ1n) is 16.6. The van der Waals surface area contributed by atoms with Crippen molar-refractivity contribution in [3.8, 4) is 0 Å². The number of hydrogen-bond donors (Lipinski definition) is 0. The second kappa shape index (κ2) is 21.7. The molecule has 4 atom stereocenters. The molecule has 4 unspecified atom stereocenters. The van der Waals surface area contributed by atoms with Gasteiger partial charge in [-0.25, -0.2) is 0 Å². The molecular formula is C34H64O4. The first-order valence-corrected chi connectivity index (χ1v) is 16.6. The minimum Gasteiger partial charge on any atom is -0.465 e. The Kier molecular flexibility index (Phi) is 20.0. The summed E-state index contributed by atoms with van der Waals surface area (Å²) in [7, 11) is 0. The second-order valence-corrected chi connectivity index (χ2v) is 13.0. The van der Waals surface area contributed by atoms with Gasteiger partial charge in [0.25, 0.3) is 0 Å². The molecular weight excluding hydrogens is 472 g/mol. The standard InChI is InChI=1S/C34H64O4/c1-7-27(3)15-11-9-13-17-29(5)23-25-37-33(35)31-19-21-32(22-20-31)34(36)38-26-24-30(6)18-14-10-12-16-28(4)8-2/h27-32H,7-26H2,1-6H3. The fraction of sp³-hybridized carbons (Fsp3) is 0.941. The highest BCUT2D eigenvalue weighted by molar-refractivity contribution is 5.75. The van der Waals surface area contributed by atoms with Gasteiger partial charge in [-0.1, -0.05) is 119 Å². The molecule has 4 heteroatoms. The van der Waals surface area contributed by atoms with E-state index in [0.29, 0.717) is 25.0 Å². The van der Waals surface area contributed by atoms with Crippen molar-refractivity contribution in [3.63, 3.8) is 0 Å². The van der Waals surface area contributed by atoms with Crippen LogP contribution in [-0.2, 0) is 19.1 Å². The number of hydrogen-bond acceptors (Lipinski definition) is 4. The van der Waals surface area contributed by atoms with Gasteiger partial charge in [-0.05, 0) is 62.2 Å². The van der Waals surface area contributed by atoms with Crippen molar-refractivity contribution in [2.75, 3.05) is 13.2 Å². The Bertz CT molecular complexity index is 543. The topological polar surface area (TPSA) is 52.6 Å². The van der Waals surface area contributed by atoms with E-state index < -0.39 is 0 Å². The summed E-state index contributed by atoms with van der Waals surface area (Å²) in [5.74, 6) is 2.70. The Morgan fingerprint density at radius 1 is 0.526 bits per heavy atom. The van der Waals surface area contributed by atoms with E-state index in [1.165, 1.54) is 77.0 Å². The SMILES string of the molecule is CCC(C)CCCCCC(C)CCOC(=O)C1CCC(C(=O)OCCC(C)CCCCCC(C)CC)CC1. The van der Waals surface area contributed by atoms with Gasteiger partial charge in [0, 0.05) is 0 Å². The monoisotopic (exact) mass is 536 g/mol. The summed E-state index contributed by atoms with van der Waals surface area (Å²) in [6, 6.07) is 0. The smallest absolute Gasteiger partial charge is 0.308 e. The lowest BCUT2D eigenvalue weighted by Gasteiger charge is -2.26. The zero-order valence-electron chi connectivity index (χ0n) is 26.2. The predicted molar refractivity (Wildman–Crippen MR) is 160 cm³/mol. The summed E-state index contributed by atoms with van der Waals surface area (Å²) < 4.78 is 11.2. The number of unbranched alkanes of at least 4 members (excludes halogenated alkanes) is 4. The molecule has 0 saturated heterocycles. The number of rotatable bonds is 22. The van der Waals surface area contributed by atoms with E-state index in [1.807, 2.05) is 0 Å². The molecule has 1 rings (SSSR count). The van der Waals surface area contributed by atoms with Crippen molar-refractivity contribution in [2.45, 2.75) is 157 Å². The number of esters is 2. The molecule has 1 aliphatic rings. The van der Waals surface area contributed by atoms with Gasteiger partial charge in [0.1, 0.15) is 0 Å². The van der Waals surface area contributed by atoms with Crippen LogP contribution in [0.4, 0.5) is 0 Å². The maximum absolute atomic E-state index is 12.5. The van der Waals surface area contributed by atoms with Crippen LogP contribution in [0.15, 0.2) is 0 Å². The first-order chi connectivity index (χ1) is 18.3. The van der Waals surface area contributed by atoms with Crippen LogP contribution in [-0.4, -0.2) is 25.2 Å². The average Bonchev–Trinajstić information content (AvgIpc) is 2.92. The lowest BCUT2D eigenvalue weighted by molar-refractivity contribution is -0.155. The molecule has 224 valence electrons. The first kappa shape index (κ1) is 35.0. The molecule has 38 heavy (non-hydrogen) atoms. The van der Waals surface area contributed by atoms with E-state index >= 15 is 0 Å². The van der Waals surface area contributed by atoms with Gasteiger partial charge in [-0.15, -0.1) is 0 Å². The van der Waals surface area contributed by atoms with Crippen LogP contribution in [0.3, 0.4) is 0 Å². The predicted octanol–water partition coefficient (Wildman–Crippen LogP) is 9.92. The minimum atomic E-state index is -0.0597. The van der Waals surface area contributed by atoms with Gasteiger partial charge in [-0.3, -0.25) is 9.59 Å². The largest absolute Gasteiger partial charge is 0.465 e. The van der Waals surface area contributed by atoms with E-state index in [4.69, 9.17) is 9.47 Å². The third-order valence-electron chi connectivity index (χ3n) is 9.29. The fourth-order valence-corrected chi connectivity index (χ4v) is 5.54. The molecule has 1 saturated carbocycles. The average molecular weight is 537 g/mol. The van der Waals surface area contributed by atoms with Crippen molar-refractivity contribution in [3.05, 3.63) is 0 Å². The molecule has 0 N–H and O–H groups in total. The van der Waals surface area contributed by atoms with Crippen molar-refractivity contribution >= 4 is 11.9 Å². The number of carbonyl (C=O) groups is 2. The zero-order chi connectivity index (χ0) is 28.2. The van der Waals surface area contributed by atoms with Gasteiger partial charge in [0.15, 0.2) is 0 Å². The lowest BCUT2D eigenvalue weighted by atomic mass is 9.82. The highest BCUT2D eigenvalue weighted by atomic mass is 16.5. The highest BCUT2D eigenvalue weighted by Crippen LogP contribution is 2.31. The zero-order valence-corrected chi connectivity index (χ0v) is 26.2. The van der Waals surface area contributed by atoms with Gasteiger partial charge in [0.05, 0.1) is 25.0 Å². The second-order valence-electron chi connectivity index (χ2n) is 13.0. The summed E-state index contributed by atoms with van der Waals surface area (Å²) in [6.45, 7) is 14.8. The third-order valence-corrected chi connectivity index (χ3v) is 9.29. The van der Waals surface area contributed by atoms with E-state index in [2.05, 4.69) is 41.5 Å². The van der Waals surface area contributed by atoms with Crippen LogP contribution >= 0.6 is 0 Å². The molecule has 0 amide bonds. The van der Waals surface area contributed by atoms with Crippen LogP contribution in [0.1, 0.15) is 157 Å². The van der Waals surface area contributed by atoms with Crippen LogP contribution < -0.4 is 0 Å².